The van der Waals surface area contributed by atoms with Gasteiger partial charge < -0.3 is 9.47 Å². The summed E-state index contributed by atoms with van der Waals surface area (Å²) in [4.78, 5) is 0. The van der Waals surface area contributed by atoms with Gasteiger partial charge in [0.2, 0.25) is 0 Å². The molecule has 18 heavy (non-hydrogen) atoms. The summed E-state index contributed by atoms with van der Waals surface area (Å²) in [5.41, 5.74) is 1.38. The van der Waals surface area contributed by atoms with Crippen molar-refractivity contribution >= 4 is 22.6 Å². The summed E-state index contributed by atoms with van der Waals surface area (Å²) in [5.74, 6) is 1.53. The Hall–Kier alpha value is -0.290. The molecule has 3 atom stereocenters. The summed E-state index contributed by atoms with van der Waals surface area (Å²) in [5, 5.41) is 0. The molecular weight excluding hydrogens is 339 g/mol. The molecule has 1 saturated heterocycles. The van der Waals surface area contributed by atoms with Crippen molar-refractivity contribution < 1.29 is 9.47 Å². The van der Waals surface area contributed by atoms with E-state index >= 15 is 0 Å². The Morgan fingerprint density at radius 3 is 2.61 bits per heavy atom. The van der Waals surface area contributed by atoms with Crippen LogP contribution in [0, 0.1) is 0 Å². The van der Waals surface area contributed by atoms with E-state index < -0.39 is 0 Å². The van der Waals surface area contributed by atoms with Gasteiger partial charge in [0.15, 0.2) is 6.29 Å². The minimum absolute atomic E-state index is 0.0644. The topological polar surface area (TPSA) is 18.5 Å². The van der Waals surface area contributed by atoms with E-state index in [9.17, 15) is 0 Å². The minimum Gasteiger partial charge on any atom is -0.465 e. The fourth-order valence-electron chi connectivity index (χ4n) is 2.05. The molecule has 0 saturated carbocycles. The van der Waals surface area contributed by atoms with Gasteiger partial charge in [-0.2, -0.15) is 0 Å². The van der Waals surface area contributed by atoms with E-state index in [1.54, 1.807) is 0 Å². The molecule has 1 fully saturated rings. The van der Waals surface area contributed by atoms with Gasteiger partial charge >= 0.3 is 0 Å². The molecule has 3 heteroatoms. The largest absolute Gasteiger partial charge is 0.465 e. The lowest BCUT2D eigenvalue weighted by Crippen LogP contribution is -2.30. The predicted octanol–water partition coefficient (Wildman–Crippen LogP) is 4.52. The van der Waals surface area contributed by atoms with Crippen molar-refractivity contribution in [3.63, 3.8) is 0 Å². The van der Waals surface area contributed by atoms with Crippen molar-refractivity contribution in [1.82, 2.24) is 0 Å². The maximum Gasteiger partial charge on any atom is 0.199 e. The van der Waals surface area contributed by atoms with Crippen LogP contribution in [0.1, 0.15) is 44.6 Å². The lowest BCUT2D eigenvalue weighted by atomic mass is 9.99. The summed E-state index contributed by atoms with van der Waals surface area (Å²) in [6, 6.07) is 8.43. The van der Waals surface area contributed by atoms with Gasteiger partial charge in [0.25, 0.3) is 0 Å². The Morgan fingerprint density at radius 1 is 1.33 bits per heavy atom. The van der Waals surface area contributed by atoms with Crippen LogP contribution in [-0.2, 0) is 4.74 Å². The minimum atomic E-state index is -0.0644. The van der Waals surface area contributed by atoms with Gasteiger partial charge in [-0.1, -0.05) is 48.6 Å². The van der Waals surface area contributed by atoms with Crippen molar-refractivity contribution in [2.75, 3.05) is 6.61 Å². The van der Waals surface area contributed by atoms with Crippen LogP contribution >= 0.6 is 22.6 Å². The fraction of sp³-hybridized carbons (Fsp3) is 0.600. The average molecular weight is 360 g/mol. The third kappa shape index (κ3) is 3.85. The average Bonchev–Trinajstić information content (AvgIpc) is 2.41. The molecule has 0 N–H and O–H groups in total. The Morgan fingerprint density at radius 2 is 2.06 bits per heavy atom. The number of alkyl halides is 1. The van der Waals surface area contributed by atoms with Crippen LogP contribution < -0.4 is 4.74 Å². The fourth-order valence-corrected chi connectivity index (χ4v) is 2.62. The molecule has 2 rings (SSSR count). The predicted molar refractivity (Wildman–Crippen MR) is 82.6 cm³/mol. The van der Waals surface area contributed by atoms with E-state index in [0.717, 1.165) is 18.8 Å². The molecule has 1 aromatic rings. The Bertz CT molecular complexity index is 355. The summed E-state index contributed by atoms with van der Waals surface area (Å²) in [6.07, 6.45) is 3.27. The molecule has 3 unspecified atom stereocenters. The van der Waals surface area contributed by atoms with Gasteiger partial charge in [0.05, 0.1) is 6.61 Å². The second-order valence-electron chi connectivity index (χ2n) is 4.93. The summed E-state index contributed by atoms with van der Waals surface area (Å²) in [7, 11) is 0. The zero-order chi connectivity index (χ0) is 13.0. The van der Waals surface area contributed by atoms with Crippen molar-refractivity contribution in [3.05, 3.63) is 29.8 Å². The number of hydrogen-bond donors (Lipinski definition) is 0. The maximum absolute atomic E-state index is 5.85. The van der Waals surface area contributed by atoms with E-state index in [4.69, 9.17) is 9.47 Å². The van der Waals surface area contributed by atoms with E-state index in [-0.39, 0.29) is 6.29 Å². The quantitative estimate of drug-likeness (QED) is 0.581. The molecular formula is C15H21IO2. The van der Waals surface area contributed by atoms with E-state index in [1.807, 2.05) is 0 Å². The lowest BCUT2D eigenvalue weighted by Gasteiger charge is -2.26. The SMILES string of the molecule is CCC(C)c1ccc(OC2CCC(I)CO2)cc1. The third-order valence-electron chi connectivity index (χ3n) is 3.51. The van der Waals surface area contributed by atoms with Crippen LogP contribution in [0.25, 0.3) is 0 Å². The molecule has 1 aliphatic heterocycles. The first-order valence-electron chi connectivity index (χ1n) is 6.71. The zero-order valence-electron chi connectivity index (χ0n) is 11.1. The maximum atomic E-state index is 5.85. The number of rotatable bonds is 4. The summed E-state index contributed by atoms with van der Waals surface area (Å²) in [6.45, 7) is 5.27. The Balaban J connectivity index is 1.90. The van der Waals surface area contributed by atoms with Gasteiger partial charge in [-0.3, -0.25) is 0 Å². The molecule has 2 nitrogen and oxygen atoms in total. The molecule has 0 aromatic heterocycles. The molecule has 100 valence electrons. The third-order valence-corrected chi connectivity index (χ3v) is 4.49. The van der Waals surface area contributed by atoms with Crippen molar-refractivity contribution in [2.45, 2.75) is 49.2 Å². The molecule has 0 spiro atoms. The van der Waals surface area contributed by atoms with E-state index in [2.05, 4.69) is 60.7 Å². The second-order valence-corrected chi connectivity index (χ2v) is 6.70. The standard InChI is InChI=1S/C15H21IO2/c1-3-11(2)12-4-7-14(8-5-12)18-15-9-6-13(16)10-17-15/h4-5,7-8,11,13,15H,3,6,9-10H2,1-2H3. The van der Waals surface area contributed by atoms with Gasteiger partial charge in [0, 0.05) is 10.3 Å². The van der Waals surface area contributed by atoms with Crippen LogP contribution in [0.3, 0.4) is 0 Å². The number of ether oxygens (including phenoxy) is 2. The molecule has 0 amide bonds. The molecule has 1 heterocycles. The molecule has 0 aliphatic carbocycles. The monoisotopic (exact) mass is 360 g/mol. The normalized spacial score (nSPS) is 25.7. The van der Waals surface area contributed by atoms with Crippen molar-refractivity contribution in [2.24, 2.45) is 0 Å². The smallest absolute Gasteiger partial charge is 0.199 e. The van der Waals surface area contributed by atoms with Crippen molar-refractivity contribution in [1.29, 1.82) is 0 Å². The summed E-state index contributed by atoms with van der Waals surface area (Å²) >= 11 is 2.43. The Labute approximate surface area is 123 Å². The first-order valence-corrected chi connectivity index (χ1v) is 7.96. The van der Waals surface area contributed by atoms with Crippen LogP contribution in [0.5, 0.6) is 5.75 Å². The first-order chi connectivity index (χ1) is 8.69. The van der Waals surface area contributed by atoms with Gasteiger partial charge in [-0.05, 0) is 36.5 Å². The number of hydrogen-bond acceptors (Lipinski definition) is 2. The highest BCUT2D eigenvalue weighted by atomic mass is 127. The lowest BCUT2D eigenvalue weighted by molar-refractivity contribution is -0.102. The van der Waals surface area contributed by atoms with E-state index in [0.29, 0.717) is 9.84 Å². The molecule has 0 radical (unpaired) electrons. The first kappa shape index (κ1) is 14.1. The van der Waals surface area contributed by atoms with Crippen LogP contribution in [0.15, 0.2) is 24.3 Å². The van der Waals surface area contributed by atoms with Gasteiger partial charge in [0.1, 0.15) is 5.75 Å². The Kier molecular flexibility index (Phi) is 5.30. The highest BCUT2D eigenvalue weighted by Crippen LogP contribution is 2.25. The van der Waals surface area contributed by atoms with Gasteiger partial charge in [-0.25, -0.2) is 0 Å². The zero-order valence-corrected chi connectivity index (χ0v) is 13.2. The number of halogens is 1. The highest BCUT2D eigenvalue weighted by Gasteiger charge is 2.20. The van der Waals surface area contributed by atoms with Crippen LogP contribution in [0.2, 0.25) is 0 Å². The number of benzene rings is 1. The molecule has 1 aromatic carbocycles. The van der Waals surface area contributed by atoms with Crippen LogP contribution in [-0.4, -0.2) is 16.8 Å². The van der Waals surface area contributed by atoms with Crippen LogP contribution in [0.4, 0.5) is 0 Å². The summed E-state index contributed by atoms with van der Waals surface area (Å²) < 4.78 is 12.1. The molecule has 0 bridgehead atoms. The second kappa shape index (κ2) is 6.75. The molecule has 1 aliphatic rings. The van der Waals surface area contributed by atoms with E-state index in [1.165, 1.54) is 18.4 Å². The highest BCUT2D eigenvalue weighted by molar-refractivity contribution is 14.1. The van der Waals surface area contributed by atoms with Gasteiger partial charge in [-0.15, -0.1) is 0 Å². The van der Waals surface area contributed by atoms with Crippen molar-refractivity contribution in [3.8, 4) is 5.75 Å².